The molecule has 1 N–H and O–H groups in total. The average molecular weight is 395 g/mol. The second-order valence-electron chi connectivity index (χ2n) is 6.67. The van der Waals surface area contributed by atoms with E-state index >= 15 is 0 Å². The van der Waals surface area contributed by atoms with E-state index in [1.165, 1.54) is 30.3 Å². The highest BCUT2D eigenvalue weighted by atomic mass is 35.5. The summed E-state index contributed by atoms with van der Waals surface area (Å²) in [6, 6.07) is 8.16. The molecule has 0 spiro atoms. The summed E-state index contributed by atoms with van der Waals surface area (Å²) < 4.78 is 32.6. The van der Waals surface area contributed by atoms with Crippen molar-refractivity contribution in [3.05, 3.63) is 53.1 Å². The number of nitrogens with one attached hydrogen (secondary N) is 1. The number of halogens is 3. The standard InChI is InChI=1S/C20H21ClF2N2O2/c1-25-7-2-3-17(25)6-8-27-20(26)24-19-5-4-15(22)12-18(19)13-9-14(21)11-16(23)10-13/h4-5,9-12,17H,2-3,6-8H2,1H3,(H,24,26). The molecule has 2 aromatic rings. The van der Waals surface area contributed by atoms with Gasteiger partial charge in [0.15, 0.2) is 0 Å². The number of amides is 1. The van der Waals surface area contributed by atoms with Crippen LogP contribution < -0.4 is 5.32 Å². The molecule has 27 heavy (non-hydrogen) atoms. The number of benzene rings is 2. The molecule has 0 aromatic heterocycles. The van der Waals surface area contributed by atoms with Crippen LogP contribution in [0.1, 0.15) is 19.3 Å². The number of carbonyl (C=O) groups is 1. The van der Waals surface area contributed by atoms with Gasteiger partial charge in [-0.05, 0) is 74.8 Å². The van der Waals surface area contributed by atoms with Gasteiger partial charge in [-0.2, -0.15) is 0 Å². The summed E-state index contributed by atoms with van der Waals surface area (Å²) in [4.78, 5) is 14.4. The van der Waals surface area contributed by atoms with Crippen LogP contribution in [-0.4, -0.2) is 37.2 Å². The Morgan fingerprint density at radius 3 is 2.78 bits per heavy atom. The fraction of sp³-hybridized carbons (Fsp3) is 0.350. The summed E-state index contributed by atoms with van der Waals surface area (Å²) in [6.07, 6.45) is 2.39. The van der Waals surface area contributed by atoms with Gasteiger partial charge < -0.3 is 9.64 Å². The lowest BCUT2D eigenvalue weighted by atomic mass is 10.0. The maximum Gasteiger partial charge on any atom is 0.411 e. The van der Waals surface area contributed by atoms with E-state index in [1.807, 2.05) is 0 Å². The number of nitrogens with zero attached hydrogens (tertiary/aromatic N) is 1. The number of anilines is 1. The molecule has 7 heteroatoms. The van der Waals surface area contributed by atoms with Gasteiger partial charge in [-0.3, -0.25) is 5.32 Å². The molecule has 0 saturated carbocycles. The van der Waals surface area contributed by atoms with Crippen molar-refractivity contribution < 1.29 is 18.3 Å². The molecule has 1 unspecified atom stereocenters. The van der Waals surface area contributed by atoms with E-state index in [9.17, 15) is 13.6 Å². The highest BCUT2D eigenvalue weighted by Crippen LogP contribution is 2.31. The van der Waals surface area contributed by atoms with Crippen molar-refractivity contribution in [2.45, 2.75) is 25.3 Å². The summed E-state index contributed by atoms with van der Waals surface area (Å²) >= 11 is 5.89. The number of likely N-dealkylation sites (tertiary alicyclic amines) is 1. The zero-order valence-electron chi connectivity index (χ0n) is 15.0. The maximum absolute atomic E-state index is 13.7. The van der Waals surface area contributed by atoms with Crippen molar-refractivity contribution in [2.24, 2.45) is 0 Å². The highest BCUT2D eigenvalue weighted by Gasteiger charge is 2.21. The lowest BCUT2D eigenvalue weighted by molar-refractivity contribution is 0.147. The Labute approximate surface area is 162 Å². The van der Waals surface area contributed by atoms with Crippen LogP contribution in [0.5, 0.6) is 0 Å². The van der Waals surface area contributed by atoms with Crippen LogP contribution in [0.3, 0.4) is 0 Å². The fourth-order valence-corrected chi connectivity index (χ4v) is 3.57. The number of rotatable bonds is 5. The first kappa shape index (κ1) is 19.6. The van der Waals surface area contributed by atoms with E-state index in [0.29, 0.717) is 29.5 Å². The molecule has 1 heterocycles. The molecule has 0 aliphatic carbocycles. The number of carbonyl (C=O) groups excluding carboxylic acids is 1. The minimum absolute atomic E-state index is 0.184. The lowest BCUT2D eigenvalue weighted by Crippen LogP contribution is -2.27. The van der Waals surface area contributed by atoms with E-state index in [-0.39, 0.29) is 5.02 Å². The molecule has 1 amide bonds. The van der Waals surface area contributed by atoms with E-state index in [1.54, 1.807) is 0 Å². The quantitative estimate of drug-likeness (QED) is 0.746. The Hall–Kier alpha value is -2.18. The third kappa shape index (κ3) is 5.17. The molecular formula is C20H21ClF2N2O2. The molecule has 0 radical (unpaired) electrons. The van der Waals surface area contributed by atoms with E-state index in [2.05, 4.69) is 17.3 Å². The van der Waals surface area contributed by atoms with E-state index in [4.69, 9.17) is 16.3 Å². The Bertz CT molecular complexity index is 811. The first-order valence-electron chi connectivity index (χ1n) is 8.82. The smallest absolute Gasteiger partial charge is 0.411 e. The SMILES string of the molecule is CN1CCCC1CCOC(=O)Nc1ccc(F)cc1-c1cc(F)cc(Cl)c1. The summed E-state index contributed by atoms with van der Waals surface area (Å²) in [5.74, 6) is -1.05. The van der Waals surface area contributed by atoms with E-state index in [0.717, 1.165) is 31.9 Å². The Balaban J connectivity index is 1.68. The molecule has 1 aliphatic rings. The Kier molecular flexibility index (Phi) is 6.29. The minimum Gasteiger partial charge on any atom is -0.449 e. The van der Waals surface area contributed by atoms with Crippen molar-refractivity contribution in [1.82, 2.24) is 4.90 Å². The predicted molar refractivity (Wildman–Crippen MR) is 102 cm³/mol. The molecule has 1 aliphatic heterocycles. The fourth-order valence-electron chi connectivity index (χ4n) is 3.35. The second kappa shape index (κ2) is 8.67. The highest BCUT2D eigenvalue weighted by molar-refractivity contribution is 6.30. The first-order valence-corrected chi connectivity index (χ1v) is 9.20. The van der Waals surface area contributed by atoms with Gasteiger partial charge in [0.05, 0.1) is 12.3 Å². The number of hydrogen-bond donors (Lipinski definition) is 1. The van der Waals surface area contributed by atoms with Gasteiger partial charge in [-0.1, -0.05) is 11.6 Å². The number of ether oxygens (including phenoxy) is 1. The van der Waals surface area contributed by atoms with Gasteiger partial charge in [0, 0.05) is 16.6 Å². The first-order chi connectivity index (χ1) is 12.9. The molecule has 0 bridgehead atoms. The molecule has 4 nitrogen and oxygen atoms in total. The van der Waals surface area contributed by atoms with Gasteiger partial charge >= 0.3 is 6.09 Å². The maximum atomic E-state index is 13.7. The van der Waals surface area contributed by atoms with Gasteiger partial charge in [0.25, 0.3) is 0 Å². The molecule has 1 atom stereocenters. The third-order valence-corrected chi connectivity index (χ3v) is 4.97. The van der Waals surface area contributed by atoms with Crippen LogP contribution in [0.4, 0.5) is 19.3 Å². The van der Waals surface area contributed by atoms with Crippen molar-refractivity contribution in [2.75, 3.05) is 25.5 Å². The largest absolute Gasteiger partial charge is 0.449 e. The molecule has 2 aromatic carbocycles. The van der Waals surface area contributed by atoms with Crippen LogP contribution in [0, 0.1) is 11.6 Å². The predicted octanol–water partition coefficient (Wildman–Crippen LogP) is 5.32. The molecule has 1 fully saturated rings. The summed E-state index contributed by atoms with van der Waals surface area (Å²) in [5.41, 5.74) is 1.01. The zero-order chi connectivity index (χ0) is 19.4. The Morgan fingerprint density at radius 1 is 1.26 bits per heavy atom. The van der Waals surface area contributed by atoms with Crippen LogP contribution >= 0.6 is 11.6 Å². The van der Waals surface area contributed by atoms with Crippen LogP contribution in [0.2, 0.25) is 5.02 Å². The van der Waals surface area contributed by atoms with Crippen LogP contribution in [0.25, 0.3) is 11.1 Å². The van der Waals surface area contributed by atoms with Crippen molar-refractivity contribution >= 4 is 23.4 Å². The third-order valence-electron chi connectivity index (χ3n) is 4.75. The van der Waals surface area contributed by atoms with Crippen LogP contribution in [-0.2, 0) is 4.74 Å². The molecule has 3 rings (SSSR count). The molecule has 1 saturated heterocycles. The average Bonchev–Trinajstić information content (AvgIpc) is 3.01. The zero-order valence-corrected chi connectivity index (χ0v) is 15.7. The van der Waals surface area contributed by atoms with Crippen molar-refractivity contribution in [1.29, 1.82) is 0 Å². The van der Waals surface area contributed by atoms with Crippen molar-refractivity contribution in [3.8, 4) is 11.1 Å². The number of hydrogen-bond acceptors (Lipinski definition) is 3. The second-order valence-corrected chi connectivity index (χ2v) is 7.11. The van der Waals surface area contributed by atoms with Gasteiger partial charge in [-0.25, -0.2) is 13.6 Å². The Morgan fingerprint density at radius 2 is 2.07 bits per heavy atom. The van der Waals surface area contributed by atoms with E-state index < -0.39 is 17.7 Å². The topological polar surface area (TPSA) is 41.6 Å². The summed E-state index contributed by atoms with van der Waals surface area (Å²) in [6.45, 7) is 1.36. The van der Waals surface area contributed by atoms with Crippen molar-refractivity contribution in [3.63, 3.8) is 0 Å². The molecule has 144 valence electrons. The van der Waals surface area contributed by atoms with Gasteiger partial charge in [0.2, 0.25) is 0 Å². The molecular weight excluding hydrogens is 374 g/mol. The van der Waals surface area contributed by atoms with Crippen LogP contribution in [0.15, 0.2) is 36.4 Å². The monoisotopic (exact) mass is 394 g/mol. The normalized spacial score (nSPS) is 17.1. The lowest BCUT2D eigenvalue weighted by Gasteiger charge is -2.19. The van der Waals surface area contributed by atoms with Gasteiger partial charge in [-0.15, -0.1) is 0 Å². The van der Waals surface area contributed by atoms with Gasteiger partial charge in [0.1, 0.15) is 11.6 Å². The minimum atomic E-state index is -0.633. The summed E-state index contributed by atoms with van der Waals surface area (Å²) in [5, 5.41) is 2.79. The summed E-state index contributed by atoms with van der Waals surface area (Å²) in [7, 11) is 2.06.